The molecular weight excluding hydrogens is 360 g/mol. The van der Waals surface area contributed by atoms with Crippen molar-refractivity contribution in [2.75, 3.05) is 18.9 Å². The highest BCUT2D eigenvalue weighted by atomic mass is 16.2. The number of para-hydroxylation sites is 1. The number of likely N-dealkylation sites (tertiary alicyclic amines) is 1. The first-order valence-electron chi connectivity index (χ1n) is 9.90. The number of nitrogens with zero attached hydrogens (tertiary/aromatic N) is 1. The van der Waals surface area contributed by atoms with E-state index in [4.69, 9.17) is 0 Å². The molecule has 0 radical (unpaired) electrons. The molecule has 1 amide bonds. The van der Waals surface area contributed by atoms with E-state index in [1.165, 1.54) is 0 Å². The summed E-state index contributed by atoms with van der Waals surface area (Å²) >= 11 is 0. The van der Waals surface area contributed by atoms with Crippen molar-refractivity contribution in [1.82, 2.24) is 4.90 Å². The van der Waals surface area contributed by atoms with Crippen molar-refractivity contribution in [1.29, 1.82) is 0 Å². The smallest absolute Gasteiger partial charge is 0.250 e. The summed E-state index contributed by atoms with van der Waals surface area (Å²) in [5.74, 6) is -0.698. The van der Waals surface area contributed by atoms with Gasteiger partial charge in [0.25, 0.3) is 0 Å². The monoisotopic (exact) mass is 382 g/mol. The lowest BCUT2D eigenvalue weighted by molar-refractivity contribution is -0.126. The van der Waals surface area contributed by atoms with Crippen LogP contribution in [0.25, 0.3) is 0 Å². The van der Waals surface area contributed by atoms with Gasteiger partial charge in [0, 0.05) is 29.3 Å². The van der Waals surface area contributed by atoms with Crippen LogP contribution in [0.15, 0.2) is 84.9 Å². The number of hydrogen-bond donors (Lipinski definition) is 1. The molecule has 2 aliphatic rings. The van der Waals surface area contributed by atoms with E-state index in [0.29, 0.717) is 12.1 Å². The largest absolute Gasteiger partial charge is 0.324 e. The molecule has 0 aliphatic carbocycles. The number of likely N-dealkylation sites (N-methyl/N-ethyl adjacent to an activating group) is 1. The highest BCUT2D eigenvalue weighted by molar-refractivity contribution is 6.12. The van der Waals surface area contributed by atoms with E-state index in [-0.39, 0.29) is 17.6 Å². The molecule has 4 heteroatoms. The second-order valence-electron chi connectivity index (χ2n) is 7.87. The predicted molar refractivity (Wildman–Crippen MR) is 113 cm³/mol. The van der Waals surface area contributed by atoms with Crippen molar-refractivity contribution in [3.63, 3.8) is 0 Å². The maximum atomic E-state index is 13.9. The number of rotatable bonds is 3. The third-order valence-corrected chi connectivity index (χ3v) is 6.43. The lowest BCUT2D eigenvalue weighted by Gasteiger charge is -2.35. The zero-order chi connectivity index (χ0) is 20.0. The molecule has 5 rings (SSSR count). The molecule has 0 saturated carbocycles. The number of hydrogen-bond acceptors (Lipinski definition) is 3. The first-order valence-corrected chi connectivity index (χ1v) is 9.90. The molecule has 1 saturated heterocycles. The maximum Gasteiger partial charge on any atom is 0.250 e. The van der Waals surface area contributed by atoms with E-state index >= 15 is 0 Å². The van der Waals surface area contributed by atoms with E-state index < -0.39 is 11.5 Å². The molecule has 29 heavy (non-hydrogen) atoms. The third kappa shape index (κ3) is 2.49. The lowest BCUT2D eigenvalue weighted by Crippen LogP contribution is -2.51. The number of ketones is 1. The van der Waals surface area contributed by atoms with E-state index in [9.17, 15) is 9.59 Å². The Labute approximate surface area is 170 Å². The SMILES string of the molecule is CN1C[C@H](c2ccccc2)[C@@H](C(=O)c2ccccc2)[C@]12C(=O)Nc1ccccc12. The molecule has 144 valence electrons. The standard InChI is InChI=1S/C25H22N2O2/c1-27-16-19(17-10-4-2-5-11-17)22(23(28)18-12-6-3-7-13-18)25(27)20-14-8-9-15-21(20)26-24(25)29/h2-15,19,22H,16H2,1H3,(H,26,29)/t19-,22+,25-/m1/s1. The number of benzene rings is 3. The Morgan fingerprint density at radius 3 is 2.28 bits per heavy atom. The van der Waals surface area contributed by atoms with Gasteiger partial charge in [0.05, 0.1) is 5.92 Å². The fraction of sp³-hybridized carbons (Fsp3) is 0.200. The minimum atomic E-state index is -1.01. The Kier molecular flexibility index (Phi) is 4.10. The molecule has 0 bridgehead atoms. The van der Waals surface area contributed by atoms with Gasteiger partial charge in [0.2, 0.25) is 5.91 Å². The average Bonchev–Trinajstić information content (AvgIpc) is 3.24. The number of carbonyl (C=O) groups excluding carboxylic acids is 2. The number of fused-ring (bicyclic) bond motifs is 2. The van der Waals surface area contributed by atoms with Crippen molar-refractivity contribution in [2.45, 2.75) is 11.5 Å². The molecule has 3 aromatic carbocycles. The second kappa shape index (κ2) is 6.68. The molecule has 3 atom stereocenters. The van der Waals surface area contributed by atoms with Crippen molar-refractivity contribution >= 4 is 17.4 Å². The molecule has 0 unspecified atom stereocenters. The molecule has 0 aromatic heterocycles. The maximum absolute atomic E-state index is 13.9. The molecule has 3 aromatic rings. The number of amides is 1. The van der Waals surface area contributed by atoms with Gasteiger partial charge in [-0.25, -0.2) is 0 Å². The van der Waals surface area contributed by atoms with Crippen LogP contribution in [-0.4, -0.2) is 30.2 Å². The van der Waals surface area contributed by atoms with Crippen molar-refractivity contribution < 1.29 is 9.59 Å². The Balaban J connectivity index is 1.74. The number of Topliss-reactive ketones (excluding diaryl/α,β-unsaturated/α-hetero) is 1. The molecule has 1 fully saturated rings. The van der Waals surface area contributed by atoms with Crippen molar-refractivity contribution in [3.05, 3.63) is 102 Å². The van der Waals surface area contributed by atoms with E-state index in [2.05, 4.69) is 22.3 Å². The van der Waals surface area contributed by atoms with Crippen LogP contribution in [0.5, 0.6) is 0 Å². The van der Waals surface area contributed by atoms with Crippen LogP contribution in [0, 0.1) is 5.92 Å². The highest BCUT2D eigenvalue weighted by Gasteiger charge is 2.64. The van der Waals surface area contributed by atoms with Gasteiger partial charge in [-0.05, 0) is 18.7 Å². The fourth-order valence-electron chi connectivity index (χ4n) is 5.18. The van der Waals surface area contributed by atoms with Crippen LogP contribution in [0.2, 0.25) is 0 Å². The van der Waals surface area contributed by atoms with Gasteiger partial charge in [-0.1, -0.05) is 78.9 Å². The van der Waals surface area contributed by atoms with Crippen LogP contribution in [0.3, 0.4) is 0 Å². The summed E-state index contributed by atoms with van der Waals surface area (Å²) in [6.45, 7) is 0.634. The van der Waals surface area contributed by atoms with E-state index in [1.54, 1.807) is 0 Å². The first kappa shape index (κ1) is 17.8. The van der Waals surface area contributed by atoms with Gasteiger partial charge in [-0.3, -0.25) is 14.5 Å². The Bertz CT molecular complexity index is 1080. The second-order valence-corrected chi connectivity index (χ2v) is 7.87. The zero-order valence-electron chi connectivity index (χ0n) is 16.2. The summed E-state index contributed by atoms with van der Waals surface area (Å²) in [6.07, 6.45) is 0. The normalized spacial score (nSPS) is 25.8. The molecule has 2 heterocycles. The number of anilines is 1. The van der Waals surface area contributed by atoms with Gasteiger partial charge >= 0.3 is 0 Å². The lowest BCUT2D eigenvalue weighted by atomic mass is 9.70. The van der Waals surface area contributed by atoms with Gasteiger partial charge in [-0.2, -0.15) is 0 Å². The minimum absolute atomic E-state index is 0.00987. The summed E-state index contributed by atoms with van der Waals surface area (Å²) in [7, 11) is 1.95. The van der Waals surface area contributed by atoms with Crippen molar-refractivity contribution in [2.24, 2.45) is 5.92 Å². The summed E-state index contributed by atoms with van der Waals surface area (Å²) in [6, 6.07) is 27.1. The summed E-state index contributed by atoms with van der Waals surface area (Å²) < 4.78 is 0. The Hall–Kier alpha value is -3.24. The number of carbonyl (C=O) groups is 2. The van der Waals surface area contributed by atoms with Crippen molar-refractivity contribution in [3.8, 4) is 0 Å². The Morgan fingerprint density at radius 1 is 0.931 bits per heavy atom. The van der Waals surface area contributed by atoms with Gasteiger partial charge in [-0.15, -0.1) is 0 Å². The summed E-state index contributed by atoms with van der Waals surface area (Å²) in [5, 5.41) is 3.04. The average molecular weight is 382 g/mol. The molecule has 2 aliphatic heterocycles. The molecule has 4 nitrogen and oxygen atoms in total. The van der Waals surface area contributed by atoms with Crippen LogP contribution in [-0.2, 0) is 10.3 Å². The molecule has 1 spiro atoms. The summed E-state index contributed by atoms with van der Waals surface area (Å²) in [5.41, 5.74) is 2.40. The summed E-state index contributed by atoms with van der Waals surface area (Å²) in [4.78, 5) is 29.4. The quantitative estimate of drug-likeness (QED) is 0.695. The molecular formula is C25H22N2O2. The molecule has 1 N–H and O–H groups in total. The minimum Gasteiger partial charge on any atom is -0.324 e. The van der Waals surface area contributed by atoms with Gasteiger partial charge in [0.1, 0.15) is 5.54 Å². The van der Waals surface area contributed by atoms with E-state index in [1.807, 2.05) is 79.8 Å². The van der Waals surface area contributed by atoms with Gasteiger partial charge < -0.3 is 5.32 Å². The topological polar surface area (TPSA) is 49.4 Å². The van der Waals surface area contributed by atoms with Crippen LogP contribution in [0.4, 0.5) is 5.69 Å². The highest BCUT2D eigenvalue weighted by Crippen LogP contribution is 2.55. The third-order valence-electron chi connectivity index (χ3n) is 6.43. The predicted octanol–water partition coefficient (Wildman–Crippen LogP) is 4.06. The van der Waals surface area contributed by atoms with Crippen LogP contribution < -0.4 is 5.32 Å². The van der Waals surface area contributed by atoms with Crippen LogP contribution in [0.1, 0.15) is 27.4 Å². The fourth-order valence-corrected chi connectivity index (χ4v) is 5.18. The first-order chi connectivity index (χ1) is 14.1. The van der Waals surface area contributed by atoms with Crippen LogP contribution >= 0.6 is 0 Å². The zero-order valence-corrected chi connectivity index (χ0v) is 16.2. The number of nitrogens with one attached hydrogen (secondary N) is 1. The Morgan fingerprint density at radius 2 is 1.55 bits per heavy atom. The van der Waals surface area contributed by atoms with E-state index in [0.717, 1.165) is 16.8 Å². The van der Waals surface area contributed by atoms with Gasteiger partial charge in [0.15, 0.2) is 5.78 Å².